The topological polar surface area (TPSA) is 38.9 Å². The maximum absolute atomic E-state index is 5.67. The van der Waals surface area contributed by atoms with Crippen LogP contribution in [0.5, 0.6) is 0 Å². The number of benzene rings is 1. The van der Waals surface area contributed by atoms with Gasteiger partial charge >= 0.3 is 0 Å². The molecule has 0 aliphatic carbocycles. The highest BCUT2D eigenvalue weighted by Gasteiger charge is 2.01. The van der Waals surface area contributed by atoms with Crippen molar-refractivity contribution in [3.05, 3.63) is 35.2 Å². The molecule has 4 heteroatoms. The van der Waals surface area contributed by atoms with Gasteiger partial charge in [-0.15, -0.1) is 22.9 Å². The number of aromatic nitrogens is 1. The summed E-state index contributed by atoms with van der Waals surface area (Å²) in [7, 11) is 0. The summed E-state index contributed by atoms with van der Waals surface area (Å²) < 4.78 is 0. The van der Waals surface area contributed by atoms with Gasteiger partial charge in [0.25, 0.3) is 0 Å². The van der Waals surface area contributed by atoms with E-state index in [1.54, 1.807) is 0 Å². The summed E-state index contributed by atoms with van der Waals surface area (Å²) >= 11 is 7.13. The van der Waals surface area contributed by atoms with Gasteiger partial charge in [-0.25, -0.2) is 4.98 Å². The average Bonchev–Trinajstić information content (AvgIpc) is 2.67. The molecule has 15 heavy (non-hydrogen) atoms. The minimum Gasteiger partial charge on any atom is -0.375 e. The Morgan fingerprint density at radius 2 is 2.00 bits per heavy atom. The zero-order valence-corrected chi connectivity index (χ0v) is 9.68. The number of nitrogen functional groups attached to an aromatic ring is 1. The van der Waals surface area contributed by atoms with E-state index in [9.17, 15) is 0 Å². The van der Waals surface area contributed by atoms with Crippen molar-refractivity contribution in [2.24, 2.45) is 0 Å². The molecule has 2 nitrogen and oxygen atoms in total. The maximum atomic E-state index is 5.67. The van der Waals surface area contributed by atoms with Crippen molar-refractivity contribution in [3.8, 4) is 11.3 Å². The van der Waals surface area contributed by atoms with Gasteiger partial charge < -0.3 is 5.73 Å². The molecule has 0 fully saturated rings. The van der Waals surface area contributed by atoms with Crippen LogP contribution in [0.15, 0.2) is 29.6 Å². The fourth-order valence-corrected chi connectivity index (χ4v) is 2.16. The number of hydrogen-bond acceptors (Lipinski definition) is 3. The van der Waals surface area contributed by atoms with E-state index in [0.29, 0.717) is 11.0 Å². The monoisotopic (exact) mass is 238 g/mol. The van der Waals surface area contributed by atoms with Gasteiger partial charge in [0, 0.05) is 16.8 Å². The molecular weight excluding hydrogens is 228 g/mol. The molecule has 0 saturated carbocycles. The van der Waals surface area contributed by atoms with Gasteiger partial charge in [0.1, 0.15) is 0 Å². The zero-order chi connectivity index (χ0) is 10.7. The summed E-state index contributed by atoms with van der Waals surface area (Å²) in [6.45, 7) is 0. The number of alkyl halides is 1. The summed E-state index contributed by atoms with van der Waals surface area (Å²) in [6.07, 6.45) is 0.904. The highest BCUT2D eigenvalue weighted by Crippen LogP contribution is 2.23. The van der Waals surface area contributed by atoms with E-state index < -0.39 is 0 Å². The molecule has 1 aromatic heterocycles. The molecule has 0 atom stereocenters. The molecular formula is C11H11ClN2S. The number of hydrogen-bond donors (Lipinski definition) is 1. The molecule has 0 aliphatic rings. The summed E-state index contributed by atoms with van der Waals surface area (Å²) in [5.74, 6) is 0.656. The third-order valence-corrected chi connectivity index (χ3v) is 3.02. The highest BCUT2D eigenvalue weighted by molar-refractivity contribution is 7.13. The molecule has 0 aliphatic heterocycles. The first-order valence-corrected chi connectivity index (χ1v) is 6.07. The Morgan fingerprint density at radius 3 is 2.53 bits per heavy atom. The van der Waals surface area contributed by atoms with E-state index in [2.05, 4.69) is 29.2 Å². The minimum atomic E-state index is 0.606. The van der Waals surface area contributed by atoms with Crippen LogP contribution in [0.25, 0.3) is 11.3 Å². The van der Waals surface area contributed by atoms with Crippen molar-refractivity contribution >= 4 is 28.1 Å². The largest absolute Gasteiger partial charge is 0.375 e. The molecule has 78 valence electrons. The lowest BCUT2D eigenvalue weighted by atomic mass is 10.1. The Bertz CT molecular complexity index is 436. The van der Waals surface area contributed by atoms with E-state index in [1.165, 1.54) is 16.9 Å². The molecule has 0 unspecified atom stereocenters. The predicted molar refractivity (Wildman–Crippen MR) is 66.4 cm³/mol. The second-order valence-electron chi connectivity index (χ2n) is 3.21. The Labute approximate surface area is 97.7 Å². The van der Waals surface area contributed by atoms with Crippen molar-refractivity contribution < 1.29 is 0 Å². The van der Waals surface area contributed by atoms with Gasteiger partial charge in [-0.2, -0.15) is 0 Å². The number of nitrogens with two attached hydrogens (primary N) is 1. The Kier molecular flexibility index (Phi) is 3.23. The summed E-state index contributed by atoms with van der Waals surface area (Å²) in [4.78, 5) is 4.23. The predicted octanol–water partition coefficient (Wildman–Crippen LogP) is 3.17. The fourth-order valence-electron chi connectivity index (χ4n) is 1.37. The van der Waals surface area contributed by atoms with Crippen LogP contribution in [0.1, 0.15) is 5.56 Å². The molecule has 2 N–H and O–H groups in total. The number of rotatable bonds is 3. The number of nitrogens with zero attached hydrogens (tertiary/aromatic N) is 1. The average molecular weight is 239 g/mol. The third kappa shape index (κ3) is 2.49. The fraction of sp³-hybridized carbons (Fsp3) is 0.182. The molecule has 1 aromatic carbocycles. The van der Waals surface area contributed by atoms with E-state index in [1.807, 2.05) is 5.38 Å². The highest BCUT2D eigenvalue weighted by atomic mass is 35.5. The lowest BCUT2D eigenvalue weighted by Gasteiger charge is -1.99. The quantitative estimate of drug-likeness (QED) is 0.835. The van der Waals surface area contributed by atoms with Crippen molar-refractivity contribution in [1.29, 1.82) is 0 Å². The van der Waals surface area contributed by atoms with Crippen LogP contribution in [0.2, 0.25) is 0 Å². The summed E-state index contributed by atoms with van der Waals surface area (Å²) in [6, 6.07) is 8.26. The zero-order valence-electron chi connectivity index (χ0n) is 8.11. The van der Waals surface area contributed by atoms with Crippen LogP contribution >= 0.6 is 22.9 Å². The Morgan fingerprint density at radius 1 is 1.27 bits per heavy atom. The Balaban J connectivity index is 2.23. The number of anilines is 1. The van der Waals surface area contributed by atoms with Gasteiger partial charge in [-0.1, -0.05) is 24.3 Å². The number of halogens is 1. The first-order valence-electron chi connectivity index (χ1n) is 4.66. The molecule has 2 rings (SSSR count). The van der Waals surface area contributed by atoms with Crippen LogP contribution in [-0.2, 0) is 6.42 Å². The SMILES string of the molecule is Nc1nc(-c2ccc(CCCl)cc2)cs1. The minimum absolute atomic E-state index is 0.606. The molecule has 2 aromatic rings. The smallest absolute Gasteiger partial charge is 0.180 e. The van der Waals surface area contributed by atoms with Crippen molar-refractivity contribution in [2.75, 3.05) is 11.6 Å². The van der Waals surface area contributed by atoms with E-state index in [-0.39, 0.29) is 0 Å². The van der Waals surface area contributed by atoms with Crippen molar-refractivity contribution in [3.63, 3.8) is 0 Å². The number of thiazole rings is 1. The van der Waals surface area contributed by atoms with Crippen molar-refractivity contribution in [2.45, 2.75) is 6.42 Å². The van der Waals surface area contributed by atoms with Gasteiger partial charge in [-0.05, 0) is 12.0 Å². The van der Waals surface area contributed by atoms with Crippen molar-refractivity contribution in [1.82, 2.24) is 4.98 Å². The second kappa shape index (κ2) is 4.64. The Hall–Kier alpha value is -1.06. The van der Waals surface area contributed by atoms with Gasteiger partial charge in [0.15, 0.2) is 5.13 Å². The summed E-state index contributed by atoms with van der Waals surface area (Å²) in [5, 5.41) is 2.57. The molecule has 0 spiro atoms. The molecule has 0 amide bonds. The van der Waals surface area contributed by atoms with Crippen LogP contribution < -0.4 is 5.73 Å². The molecule has 1 heterocycles. The van der Waals surface area contributed by atoms with Gasteiger partial charge in [-0.3, -0.25) is 0 Å². The first kappa shape index (κ1) is 10.5. The summed E-state index contributed by atoms with van der Waals surface area (Å²) in [5.41, 5.74) is 8.87. The van der Waals surface area contributed by atoms with Crippen LogP contribution in [0, 0.1) is 0 Å². The van der Waals surface area contributed by atoms with Gasteiger partial charge in [0.2, 0.25) is 0 Å². The standard InChI is InChI=1S/C11H11ClN2S/c12-6-5-8-1-3-9(4-2-8)10-7-15-11(13)14-10/h1-4,7H,5-6H2,(H2,13,14). The third-order valence-electron chi connectivity index (χ3n) is 2.15. The molecule has 0 bridgehead atoms. The maximum Gasteiger partial charge on any atom is 0.180 e. The van der Waals surface area contributed by atoms with Crippen LogP contribution in [-0.4, -0.2) is 10.9 Å². The van der Waals surface area contributed by atoms with E-state index in [4.69, 9.17) is 17.3 Å². The van der Waals surface area contributed by atoms with Crippen LogP contribution in [0.4, 0.5) is 5.13 Å². The first-order chi connectivity index (χ1) is 7.29. The second-order valence-corrected chi connectivity index (χ2v) is 4.47. The van der Waals surface area contributed by atoms with E-state index in [0.717, 1.165) is 17.7 Å². The van der Waals surface area contributed by atoms with Gasteiger partial charge in [0.05, 0.1) is 5.69 Å². The molecule has 0 saturated heterocycles. The van der Waals surface area contributed by atoms with E-state index >= 15 is 0 Å². The lowest BCUT2D eigenvalue weighted by Crippen LogP contribution is -1.86. The molecule has 0 radical (unpaired) electrons. The number of aryl methyl sites for hydroxylation is 1. The lowest BCUT2D eigenvalue weighted by molar-refractivity contribution is 1.15. The van der Waals surface area contributed by atoms with Crippen LogP contribution in [0.3, 0.4) is 0 Å². The normalized spacial score (nSPS) is 10.5.